The Labute approximate surface area is 92.2 Å². The Hall–Kier alpha value is -0.670. The zero-order chi connectivity index (χ0) is 10.1. The van der Waals surface area contributed by atoms with Crippen LogP contribution in [0.4, 0.5) is 5.69 Å². The minimum Gasteiger partial charge on any atom is -0.314 e. The summed E-state index contributed by atoms with van der Waals surface area (Å²) in [5, 5.41) is 0.672. The summed E-state index contributed by atoms with van der Waals surface area (Å²) < 4.78 is 0. The normalized spacial score (nSPS) is 16.4. The van der Waals surface area contributed by atoms with E-state index in [9.17, 15) is 4.79 Å². The third-order valence-electron chi connectivity index (χ3n) is 2.23. The molecule has 0 N–H and O–H groups in total. The van der Waals surface area contributed by atoms with Crippen LogP contribution in [-0.4, -0.2) is 18.7 Å². The fourth-order valence-corrected chi connectivity index (χ4v) is 2.60. The highest BCUT2D eigenvalue weighted by atomic mass is 35.5. The predicted molar refractivity (Wildman–Crippen MR) is 60.2 cm³/mol. The van der Waals surface area contributed by atoms with Crippen molar-refractivity contribution in [1.29, 1.82) is 0 Å². The Bertz CT molecular complexity index is 380. The Kier molecular flexibility index (Phi) is 2.70. The molecule has 0 radical (unpaired) electrons. The number of benzene rings is 1. The number of fused-ring (bicyclic) bond motifs is 1. The number of carbonyl (C=O) groups is 1. The van der Waals surface area contributed by atoms with Crippen molar-refractivity contribution < 1.29 is 4.79 Å². The van der Waals surface area contributed by atoms with Crippen molar-refractivity contribution in [2.75, 3.05) is 17.7 Å². The molecule has 2 nitrogen and oxygen atoms in total. The molecule has 0 bridgehead atoms. The van der Waals surface area contributed by atoms with Crippen LogP contribution in [0, 0.1) is 0 Å². The van der Waals surface area contributed by atoms with E-state index in [2.05, 4.69) is 0 Å². The van der Waals surface area contributed by atoms with E-state index >= 15 is 0 Å². The molecule has 2 rings (SSSR count). The molecule has 0 unspecified atom stereocenters. The molecule has 1 aromatic carbocycles. The number of hydrogen-bond donors (Lipinski definition) is 0. The monoisotopic (exact) mass is 227 g/mol. The summed E-state index contributed by atoms with van der Waals surface area (Å²) in [4.78, 5) is 14.4. The number of anilines is 1. The Morgan fingerprint density at radius 3 is 3.07 bits per heavy atom. The molecule has 1 heterocycles. The van der Waals surface area contributed by atoms with Crippen LogP contribution in [0.2, 0.25) is 5.02 Å². The molecule has 0 aromatic heterocycles. The molecule has 0 saturated carbocycles. The second-order valence-corrected chi connectivity index (χ2v) is 4.74. The number of carbonyl (C=O) groups excluding carboxylic acids is 1. The van der Waals surface area contributed by atoms with Gasteiger partial charge in [-0.25, -0.2) is 0 Å². The summed E-state index contributed by atoms with van der Waals surface area (Å²) in [6.07, 6.45) is 0.591. The Morgan fingerprint density at radius 2 is 2.29 bits per heavy atom. The standard InChI is InChI=1S/C10H10ClNOS/c1-12-8-6-7(11)2-3-9(8)14-5-4-10(12)13/h2-3,6H,4-5H2,1H3. The summed E-state index contributed by atoms with van der Waals surface area (Å²) in [5.74, 6) is 0.996. The number of hydrogen-bond acceptors (Lipinski definition) is 2. The van der Waals surface area contributed by atoms with Crippen molar-refractivity contribution in [3.63, 3.8) is 0 Å². The lowest BCUT2D eigenvalue weighted by Crippen LogP contribution is -2.25. The second-order valence-electron chi connectivity index (χ2n) is 3.16. The summed E-state index contributed by atoms with van der Waals surface area (Å²) >= 11 is 7.60. The van der Waals surface area contributed by atoms with Crippen molar-refractivity contribution in [3.8, 4) is 0 Å². The van der Waals surface area contributed by atoms with Crippen LogP contribution in [0.1, 0.15) is 6.42 Å². The maximum atomic E-state index is 11.6. The largest absolute Gasteiger partial charge is 0.314 e. The quantitative estimate of drug-likeness (QED) is 0.679. The van der Waals surface area contributed by atoms with Gasteiger partial charge in [-0.3, -0.25) is 4.79 Å². The lowest BCUT2D eigenvalue weighted by atomic mass is 10.3. The maximum Gasteiger partial charge on any atom is 0.227 e. The fourth-order valence-electron chi connectivity index (χ4n) is 1.43. The van der Waals surface area contributed by atoms with Gasteiger partial charge < -0.3 is 4.90 Å². The van der Waals surface area contributed by atoms with E-state index in [1.807, 2.05) is 18.2 Å². The van der Waals surface area contributed by atoms with Crippen molar-refractivity contribution in [3.05, 3.63) is 23.2 Å². The zero-order valence-corrected chi connectivity index (χ0v) is 9.36. The van der Waals surface area contributed by atoms with E-state index in [1.165, 1.54) is 0 Å². The first-order chi connectivity index (χ1) is 6.68. The van der Waals surface area contributed by atoms with Gasteiger partial charge >= 0.3 is 0 Å². The summed E-state index contributed by atoms with van der Waals surface area (Å²) in [6.45, 7) is 0. The average Bonchev–Trinajstić information content (AvgIpc) is 2.30. The molecule has 4 heteroatoms. The number of rotatable bonds is 0. The number of amides is 1. The van der Waals surface area contributed by atoms with E-state index in [0.29, 0.717) is 11.4 Å². The molecule has 1 amide bonds. The predicted octanol–water partition coefficient (Wildman–Crippen LogP) is 2.80. The third-order valence-corrected chi connectivity index (χ3v) is 3.53. The molecular formula is C10H10ClNOS. The fraction of sp³-hybridized carbons (Fsp3) is 0.300. The molecule has 0 atom stereocenters. The number of nitrogens with zero attached hydrogens (tertiary/aromatic N) is 1. The van der Waals surface area contributed by atoms with Gasteiger partial charge in [0, 0.05) is 29.1 Å². The summed E-state index contributed by atoms with van der Waals surface area (Å²) in [7, 11) is 1.80. The van der Waals surface area contributed by atoms with Crippen LogP contribution < -0.4 is 4.90 Å². The van der Waals surface area contributed by atoms with E-state index in [-0.39, 0.29) is 5.91 Å². The van der Waals surface area contributed by atoms with Gasteiger partial charge in [0.1, 0.15) is 0 Å². The highest BCUT2D eigenvalue weighted by Crippen LogP contribution is 2.35. The van der Waals surface area contributed by atoms with E-state index < -0.39 is 0 Å². The summed E-state index contributed by atoms with van der Waals surface area (Å²) in [5.41, 5.74) is 0.921. The van der Waals surface area contributed by atoms with E-state index in [0.717, 1.165) is 16.3 Å². The molecule has 14 heavy (non-hydrogen) atoms. The molecule has 1 aromatic rings. The average molecular weight is 228 g/mol. The molecule has 0 spiro atoms. The minimum atomic E-state index is 0.151. The van der Waals surface area contributed by atoms with Crippen LogP contribution in [0.15, 0.2) is 23.1 Å². The zero-order valence-electron chi connectivity index (χ0n) is 7.79. The van der Waals surface area contributed by atoms with Gasteiger partial charge in [0.05, 0.1) is 5.69 Å². The molecular weight excluding hydrogens is 218 g/mol. The molecule has 0 fully saturated rings. The molecule has 1 aliphatic rings. The molecule has 74 valence electrons. The van der Waals surface area contributed by atoms with Crippen LogP contribution in [-0.2, 0) is 4.79 Å². The second kappa shape index (κ2) is 3.83. The van der Waals surface area contributed by atoms with Crippen LogP contribution in [0.25, 0.3) is 0 Å². The van der Waals surface area contributed by atoms with Gasteiger partial charge in [0.15, 0.2) is 0 Å². The third kappa shape index (κ3) is 1.74. The van der Waals surface area contributed by atoms with Crippen LogP contribution >= 0.6 is 23.4 Å². The van der Waals surface area contributed by atoms with Gasteiger partial charge in [0.25, 0.3) is 0 Å². The smallest absolute Gasteiger partial charge is 0.227 e. The lowest BCUT2D eigenvalue weighted by Gasteiger charge is -2.16. The first kappa shape index (κ1) is 9.87. The van der Waals surface area contributed by atoms with Crippen molar-refractivity contribution in [2.45, 2.75) is 11.3 Å². The minimum absolute atomic E-state index is 0.151. The first-order valence-electron chi connectivity index (χ1n) is 4.37. The molecule has 0 aliphatic carbocycles. The van der Waals surface area contributed by atoms with Gasteiger partial charge in [-0.1, -0.05) is 11.6 Å². The van der Waals surface area contributed by atoms with Crippen LogP contribution in [0.5, 0.6) is 0 Å². The number of thioether (sulfide) groups is 1. The van der Waals surface area contributed by atoms with E-state index in [1.54, 1.807) is 23.7 Å². The Balaban J connectivity index is 2.49. The van der Waals surface area contributed by atoms with Crippen molar-refractivity contribution in [2.24, 2.45) is 0 Å². The van der Waals surface area contributed by atoms with Gasteiger partial charge in [0.2, 0.25) is 5.91 Å². The summed E-state index contributed by atoms with van der Waals surface area (Å²) in [6, 6.07) is 5.67. The Morgan fingerprint density at radius 1 is 1.50 bits per heavy atom. The lowest BCUT2D eigenvalue weighted by molar-refractivity contribution is -0.117. The van der Waals surface area contributed by atoms with Crippen LogP contribution in [0.3, 0.4) is 0 Å². The van der Waals surface area contributed by atoms with Crippen molar-refractivity contribution in [1.82, 2.24) is 0 Å². The van der Waals surface area contributed by atoms with Crippen molar-refractivity contribution >= 4 is 35.0 Å². The van der Waals surface area contributed by atoms with Gasteiger partial charge in [-0.2, -0.15) is 0 Å². The molecule has 1 aliphatic heterocycles. The highest BCUT2D eigenvalue weighted by molar-refractivity contribution is 7.99. The SMILES string of the molecule is CN1C(=O)CCSc2ccc(Cl)cc21. The van der Waals surface area contributed by atoms with Gasteiger partial charge in [-0.15, -0.1) is 11.8 Å². The molecule has 0 saturated heterocycles. The van der Waals surface area contributed by atoms with Gasteiger partial charge in [-0.05, 0) is 18.2 Å². The first-order valence-corrected chi connectivity index (χ1v) is 5.74. The highest BCUT2D eigenvalue weighted by Gasteiger charge is 2.18. The topological polar surface area (TPSA) is 20.3 Å². The van der Waals surface area contributed by atoms with E-state index in [4.69, 9.17) is 11.6 Å². The maximum absolute atomic E-state index is 11.6. The number of halogens is 1.